The zero-order valence-corrected chi connectivity index (χ0v) is 5.72. The summed E-state index contributed by atoms with van der Waals surface area (Å²) in [4.78, 5) is 0. The third-order valence-corrected chi connectivity index (χ3v) is 2.74. The van der Waals surface area contributed by atoms with Gasteiger partial charge in [0.2, 0.25) is 0 Å². The summed E-state index contributed by atoms with van der Waals surface area (Å²) in [5.74, 6) is 1.77. The summed E-state index contributed by atoms with van der Waals surface area (Å²) in [5, 5.41) is 3.04. The van der Waals surface area contributed by atoms with Crippen molar-refractivity contribution in [1.82, 2.24) is 0 Å². The van der Waals surface area contributed by atoms with E-state index in [0.717, 1.165) is 5.03 Å². The average molecular weight is 135 g/mol. The van der Waals surface area contributed by atoms with Crippen molar-refractivity contribution in [3.63, 3.8) is 0 Å². The molecule has 0 amide bonds. The summed E-state index contributed by atoms with van der Waals surface area (Å²) in [6.07, 6.45) is 0. The van der Waals surface area contributed by atoms with Gasteiger partial charge in [-0.25, -0.2) is 0 Å². The Balaban J connectivity index is 2.54. The summed E-state index contributed by atoms with van der Waals surface area (Å²) in [6.45, 7) is 2.14. The van der Waals surface area contributed by atoms with E-state index in [1.54, 1.807) is 11.8 Å². The Hall–Kier alpha value is 0.380. The van der Waals surface area contributed by atoms with Crippen molar-refractivity contribution in [1.29, 1.82) is 0 Å². The molecule has 7 heavy (non-hydrogen) atoms. The fourth-order valence-electron chi connectivity index (χ4n) is 0.468. The Morgan fingerprint density at radius 1 is 2.00 bits per heavy atom. The Labute approximate surface area is 52.9 Å². The zero-order chi connectivity index (χ0) is 5.28. The van der Waals surface area contributed by atoms with Crippen LogP contribution in [0.3, 0.4) is 0 Å². The highest BCUT2D eigenvalue weighted by atomic mass is 35.5. The first kappa shape index (κ1) is 5.52. The zero-order valence-electron chi connectivity index (χ0n) is 4.15. The molecule has 1 aliphatic heterocycles. The van der Waals surface area contributed by atoms with Crippen LogP contribution in [0.15, 0.2) is 10.4 Å². The SMILES string of the molecule is CC1CSC=C1Cl. The highest BCUT2D eigenvalue weighted by molar-refractivity contribution is 8.02. The average Bonchev–Trinajstić information content (AvgIpc) is 1.91. The van der Waals surface area contributed by atoms with Crippen molar-refractivity contribution in [3.8, 4) is 0 Å². The van der Waals surface area contributed by atoms with Crippen molar-refractivity contribution in [2.24, 2.45) is 5.92 Å². The van der Waals surface area contributed by atoms with E-state index in [1.165, 1.54) is 5.75 Å². The molecular formula is C5H7ClS. The molecule has 0 radical (unpaired) electrons. The largest absolute Gasteiger partial charge is 0.132 e. The number of hydrogen-bond acceptors (Lipinski definition) is 1. The van der Waals surface area contributed by atoms with Gasteiger partial charge >= 0.3 is 0 Å². The van der Waals surface area contributed by atoms with Crippen LogP contribution in [0.4, 0.5) is 0 Å². The van der Waals surface area contributed by atoms with Crippen LogP contribution in [-0.2, 0) is 0 Å². The van der Waals surface area contributed by atoms with Crippen LogP contribution in [0.2, 0.25) is 0 Å². The maximum atomic E-state index is 5.70. The molecule has 0 nitrogen and oxygen atoms in total. The van der Waals surface area contributed by atoms with Gasteiger partial charge in [-0.05, 0) is 5.41 Å². The van der Waals surface area contributed by atoms with Gasteiger partial charge in [-0.1, -0.05) is 18.5 Å². The maximum Gasteiger partial charge on any atom is 0.0280 e. The first-order chi connectivity index (χ1) is 3.30. The quantitative estimate of drug-likeness (QED) is 0.491. The highest BCUT2D eigenvalue weighted by Gasteiger charge is 2.10. The number of halogens is 1. The summed E-state index contributed by atoms with van der Waals surface area (Å²) >= 11 is 7.50. The monoisotopic (exact) mass is 134 g/mol. The molecule has 0 aromatic rings. The van der Waals surface area contributed by atoms with Crippen LogP contribution in [0, 0.1) is 5.92 Å². The standard InChI is InChI=1S/C5H7ClS/c1-4-2-7-3-5(4)6/h3-4H,2H2,1H3. The first-order valence-corrected chi connectivity index (χ1v) is 3.70. The molecule has 1 rings (SSSR count). The smallest absolute Gasteiger partial charge is 0.0280 e. The Kier molecular flexibility index (Phi) is 1.65. The van der Waals surface area contributed by atoms with E-state index in [1.807, 2.05) is 5.41 Å². The van der Waals surface area contributed by atoms with Crippen LogP contribution < -0.4 is 0 Å². The minimum atomic E-state index is 0.603. The van der Waals surface area contributed by atoms with E-state index in [2.05, 4.69) is 6.92 Å². The lowest BCUT2D eigenvalue weighted by molar-refractivity contribution is 0.843. The second kappa shape index (κ2) is 2.10. The van der Waals surface area contributed by atoms with Crippen molar-refractivity contribution >= 4 is 23.4 Å². The Morgan fingerprint density at radius 3 is 2.86 bits per heavy atom. The molecule has 0 spiro atoms. The molecule has 1 heterocycles. The van der Waals surface area contributed by atoms with E-state index in [-0.39, 0.29) is 0 Å². The third kappa shape index (κ3) is 1.14. The minimum absolute atomic E-state index is 0.603. The van der Waals surface area contributed by atoms with Gasteiger partial charge in [0.15, 0.2) is 0 Å². The normalized spacial score (nSPS) is 30.6. The highest BCUT2D eigenvalue weighted by Crippen LogP contribution is 2.29. The molecular weight excluding hydrogens is 128 g/mol. The van der Waals surface area contributed by atoms with Crippen molar-refractivity contribution < 1.29 is 0 Å². The molecule has 1 unspecified atom stereocenters. The Bertz CT molecular complexity index is 98.3. The van der Waals surface area contributed by atoms with Crippen LogP contribution in [0.25, 0.3) is 0 Å². The minimum Gasteiger partial charge on any atom is -0.132 e. The van der Waals surface area contributed by atoms with Crippen LogP contribution in [0.5, 0.6) is 0 Å². The first-order valence-electron chi connectivity index (χ1n) is 2.28. The lowest BCUT2D eigenvalue weighted by Gasteiger charge is -1.95. The van der Waals surface area contributed by atoms with Crippen molar-refractivity contribution in [2.45, 2.75) is 6.92 Å². The summed E-state index contributed by atoms with van der Waals surface area (Å²) in [7, 11) is 0. The molecule has 0 N–H and O–H groups in total. The van der Waals surface area contributed by atoms with Gasteiger partial charge in [0.05, 0.1) is 0 Å². The summed E-state index contributed by atoms with van der Waals surface area (Å²) in [6, 6.07) is 0. The van der Waals surface area contributed by atoms with E-state index in [4.69, 9.17) is 11.6 Å². The van der Waals surface area contributed by atoms with Gasteiger partial charge in [-0.15, -0.1) is 11.8 Å². The number of rotatable bonds is 0. The van der Waals surface area contributed by atoms with Crippen LogP contribution in [-0.4, -0.2) is 5.75 Å². The lowest BCUT2D eigenvalue weighted by Crippen LogP contribution is -1.89. The fraction of sp³-hybridized carbons (Fsp3) is 0.600. The van der Waals surface area contributed by atoms with E-state index in [0.29, 0.717) is 5.92 Å². The van der Waals surface area contributed by atoms with E-state index in [9.17, 15) is 0 Å². The predicted molar refractivity (Wildman–Crippen MR) is 35.6 cm³/mol. The molecule has 0 aliphatic carbocycles. The van der Waals surface area contributed by atoms with E-state index >= 15 is 0 Å². The number of hydrogen-bond donors (Lipinski definition) is 0. The molecule has 0 fully saturated rings. The van der Waals surface area contributed by atoms with Gasteiger partial charge in [0, 0.05) is 16.7 Å². The fourth-order valence-corrected chi connectivity index (χ4v) is 1.78. The number of allylic oxidation sites excluding steroid dienone is 1. The van der Waals surface area contributed by atoms with Gasteiger partial charge in [0.25, 0.3) is 0 Å². The second-order valence-electron chi connectivity index (χ2n) is 1.74. The molecule has 40 valence electrons. The van der Waals surface area contributed by atoms with Gasteiger partial charge in [-0.3, -0.25) is 0 Å². The summed E-state index contributed by atoms with van der Waals surface area (Å²) < 4.78 is 0. The predicted octanol–water partition coefficient (Wildman–Crippen LogP) is 2.45. The Morgan fingerprint density at radius 2 is 2.71 bits per heavy atom. The topological polar surface area (TPSA) is 0 Å². The molecule has 0 saturated heterocycles. The van der Waals surface area contributed by atoms with Gasteiger partial charge < -0.3 is 0 Å². The molecule has 2 heteroatoms. The van der Waals surface area contributed by atoms with Crippen molar-refractivity contribution in [3.05, 3.63) is 10.4 Å². The third-order valence-electron chi connectivity index (χ3n) is 1.01. The number of thioether (sulfide) groups is 1. The van der Waals surface area contributed by atoms with Crippen LogP contribution in [0.1, 0.15) is 6.92 Å². The molecule has 0 aromatic carbocycles. The van der Waals surface area contributed by atoms with Crippen LogP contribution >= 0.6 is 23.4 Å². The molecule has 1 aliphatic rings. The van der Waals surface area contributed by atoms with E-state index < -0.39 is 0 Å². The molecule has 0 aromatic heterocycles. The lowest BCUT2D eigenvalue weighted by atomic mass is 10.2. The molecule has 1 atom stereocenters. The van der Waals surface area contributed by atoms with Gasteiger partial charge in [-0.2, -0.15) is 0 Å². The van der Waals surface area contributed by atoms with Gasteiger partial charge in [0.1, 0.15) is 0 Å². The second-order valence-corrected chi connectivity index (χ2v) is 3.08. The van der Waals surface area contributed by atoms with Crippen molar-refractivity contribution in [2.75, 3.05) is 5.75 Å². The summed E-state index contributed by atoms with van der Waals surface area (Å²) in [5.41, 5.74) is 0. The molecule has 0 bridgehead atoms. The maximum absolute atomic E-state index is 5.70. The molecule has 0 saturated carbocycles.